The molecule has 8 heteroatoms. The number of aryl methyl sites for hydroxylation is 1. The average Bonchev–Trinajstić information content (AvgIpc) is 3.51. The molecule has 0 saturated heterocycles. The van der Waals surface area contributed by atoms with Crippen LogP contribution in [0.5, 0.6) is 0 Å². The highest BCUT2D eigenvalue weighted by Crippen LogP contribution is 2.29. The Labute approximate surface area is 208 Å². The Balaban J connectivity index is 1.62. The summed E-state index contributed by atoms with van der Waals surface area (Å²) >= 11 is 7.89. The van der Waals surface area contributed by atoms with Crippen molar-refractivity contribution in [3.05, 3.63) is 88.4 Å². The number of benzene rings is 2. The van der Waals surface area contributed by atoms with Gasteiger partial charge in [0.05, 0.1) is 17.1 Å². The molecule has 0 fully saturated rings. The van der Waals surface area contributed by atoms with Crippen LogP contribution in [0.15, 0.2) is 72.2 Å². The number of rotatable bonds is 9. The van der Waals surface area contributed by atoms with Crippen LogP contribution in [0.4, 0.5) is 10.5 Å². The van der Waals surface area contributed by atoms with Gasteiger partial charge in [-0.05, 0) is 54.6 Å². The number of thiophene rings is 1. The van der Waals surface area contributed by atoms with Gasteiger partial charge in [-0.3, -0.25) is 0 Å². The largest absolute Gasteiger partial charge is 0.385 e. The van der Waals surface area contributed by atoms with E-state index in [1.807, 2.05) is 71.7 Å². The third kappa shape index (κ3) is 5.86. The van der Waals surface area contributed by atoms with Gasteiger partial charge in [-0.25, -0.2) is 9.48 Å². The SMILES string of the molecule is COCCCN(Cc1cn(-c2ccccc2)nc1-c1cccs1)C(=O)Nc1ccc(C)c(Cl)c1. The van der Waals surface area contributed by atoms with Crippen molar-refractivity contribution in [1.29, 1.82) is 0 Å². The molecule has 0 radical (unpaired) electrons. The van der Waals surface area contributed by atoms with E-state index in [1.54, 1.807) is 29.4 Å². The Kier molecular flexibility index (Phi) is 8.00. The molecule has 34 heavy (non-hydrogen) atoms. The highest BCUT2D eigenvalue weighted by atomic mass is 35.5. The lowest BCUT2D eigenvalue weighted by atomic mass is 10.2. The van der Waals surface area contributed by atoms with Crippen LogP contribution in [0.25, 0.3) is 16.3 Å². The molecular formula is C26H27ClN4O2S. The second-order valence-corrected chi connectivity index (χ2v) is 9.28. The van der Waals surface area contributed by atoms with Crippen molar-refractivity contribution < 1.29 is 9.53 Å². The van der Waals surface area contributed by atoms with E-state index in [2.05, 4.69) is 11.4 Å². The molecule has 4 aromatic rings. The molecule has 0 aliphatic heterocycles. The topological polar surface area (TPSA) is 59.4 Å². The van der Waals surface area contributed by atoms with E-state index in [-0.39, 0.29) is 6.03 Å². The van der Waals surface area contributed by atoms with Crippen LogP contribution < -0.4 is 5.32 Å². The number of nitrogens with zero attached hydrogens (tertiary/aromatic N) is 3. The van der Waals surface area contributed by atoms with Crippen LogP contribution in [0.3, 0.4) is 0 Å². The van der Waals surface area contributed by atoms with Gasteiger partial charge in [0.15, 0.2) is 0 Å². The number of ether oxygens (including phenoxy) is 1. The van der Waals surface area contributed by atoms with E-state index in [0.29, 0.717) is 30.4 Å². The molecule has 0 bridgehead atoms. The van der Waals surface area contributed by atoms with Crippen LogP contribution in [0.1, 0.15) is 17.5 Å². The second-order valence-electron chi connectivity index (χ2n) is 7.92. The standard InChI is InChI=1S/C26H27ClN4O2S/c1-19-11-12-21(16-23(19)27)28-26(32)30(13-7-14-33-2)17-20-18-31(22-8-4-3-5-9-22)29-25(20)24-10-6-15-34-24/h3-6,8-12,15-16,18H,7,13-14,17H2,1-2H3,(H,28,32). The Morgan fingerprint density at radius 2 is 2.00 bits per heavy atom. The second kappa shape index (κ2) is 11.3. The molecule has 0 saturated carbocycles. The van der Waals surface area contributed by atoms with Gasteiger partial charge in [-0.2, -0.15) is 5.10 Å². The number of amides is 2. The highest BCUT2D eigenvalue weighted by Gasteiger charge is 2.20. The minimum atomic E-state index is -0.194. The Hall–Kier alpha value is -3.13. The van der Waals surface area contributed by atoms with Crippen molar-refractivity contribution in [2.45, 2.75) is 19.9 Å². The summed E-state index contributed by atoms with van der Waals surface area (Å²) < 4.78 is 7.09. The molecule has 0 unspecified atom stereocenters. The summed E-state index contributed by atoms with van der Waals surface area (Å²) in [6.45, 7) is 3.46. The first kappa shape index (κ1) is 24.0. The van der Waals surface area contributed by atoms with Crippen molar-refractivity contribution in [2.24, 2.45) is 0 Å². The van der Waals surface area contributed by atoms with Crippen LogP contribution in [0, 0.1) is 6.92 Å². The molecule has 0 spiro atoms. The normalized spacial score (nSPS) is 10.9. The van der Waals surface area contributed by atoms with Crippen molar-refractivity contribution >= 4 is 34.7 Å². The van der Waals surface area contributed by atoms with Crippen LogP contribution >= 0.6 is 22.9 Å². The molecule has 0 atom stereocenters. The number of nitrogens with one attached hydrogen (secondary N) is 1. The van der Waals surface area contributed by atoms with E-state index in [0.717, 1.165) is 33.8 Å². The number of carbonyl (C=O) groups excluding carboxylic acids is 1. The molecule has 176 valence electrons. The molecule has 0 aliphatic carbocycles. The third-order valence-corrected chi connectivity index (χ3v) is 6.70. The molecule has 2 aromatic heterocycles. The van der Waals surface area contributed by atoms with Crippen LogP contribution in [-0.4, -0.2) is 41.0 Å². The molecule has 2 heterocycles. The maximum atomic E-state index is 13.3. The van der Waals surface area contributed by atoms with E-state index in [1.165, 1.54) is 0 Å². The number of aromatic nitrogens is 2. The predicted octanol–water partition coefficient (Wildman–Crippen LogP) is 6.63. The average molecular weight is 495 g/mol. The monoisotopic (exact) mass is 494 g/mol. The molecule has 4 rings (SSSR count). The number of hydrogen-bond donors (Lipinski definition) is 1. The van der Waals surface area contributed by atoms with Gasteiger partial charge < -0.3 is 15.0 Å². The summed E-state index contributed by atoms with van der Waals surface area (Å²) in [5.41, 5.74) is 4.44. The van der Waals surface area contributed by atoms with Gasteiger partial charge in [0.2, 0.25) is 0 Å². The first-order valence-electron chi connectivity index (χ1n) is 11.0. The lowest BCUT2D eigenvalue weighted by molar-refractivity contribution is 0.172. The van der Waals surface area contributed by atoms with Crippen molar-refractivity contribution in [1.82, 2.24) is 14.7 Å². The van der Waals surface area contributed by atoms with E-state index in [9.17, 15) is 4.79 Å². The molecule has 2 aromatic carbocycles. The smallest absolute Gasteiger partial charge is 0.322 e. The van der Waals surface area contributed by atoms with Crippen molar-refractivity contribution in [2.75, 3.05) is 25.6 Å². The fraction of sp³-hybridized carbons (Fsp3) is 0.231. The minimum absolute atomic E-state index is 0.194. The number of hydrogen-bond acceptors (Lipinski definition) is 4. The zero-order valence-electron chi connectivity index (χ0n) is 19.2. The number of urea groups is 1. The van der Waals surface area contributed by atoms with Gasteiger partial charge in [-0.15, -0.1) is 11.3 Å². The molecular weight excluding hydrogens is 468 g/mol. The Bertz CT molecular complexity index is 1230. The fourth-order valence-corrected chi connectivity index (χ4v) is 4.52. The summed E-state index contributed by atoms with van der Waals surface area (Å²) in [7, 11) is 1.66. The van der Waals surface area contributed by atoms with Crippen molar-refractivity contribution in [3.8, 4) is 16.3 Å². The van der Waals surface area contributed by atoms with E-state index < -0.39 is 0 Å². The van der Waals surface area contributed by atoms with Gasteiger partial charge in [0, 0.05) is 42.7 Å². The first-order chi connectivity index (χ1) is 16.5. The third-order valence-electron chi connectivity index (χ3n) is 5.41. The van der Waals surface area contributed by atoms with Gasteiger partial charge in [0.1, 0.15) is 5.69 Å². The number of methoxy groups -OCH3 is 1. The molecule has 0 aliphatic rings. The first-order valence-corrected chi connectivity index (χ1v) is 12.3. The maximum absolute atomic E-state index is 13.3. The number of para-hydroxylation sites is 1. The summed E-state index contributed by atoms with van der Waals surface area (Å²) in [4.78, 5) is 16.1. The van der Waals surface area contributed by atoms with Gasteiger partial charge in [-0.1, -0.05) is 41.9 Å². The lowest BCUT2D eigenvalue weighted by Crippen LogP contribution is -2.35. The Morgan fingerprint density at radius 1 is 1.18 bits per heavy atom. The minimum Gasteiger partial charge on any atom is -0.385 e. The summed E-state index contributed by atoms with van der Waals surface area (Å²) in [5, 5.41) is 10.5. The molecule has 6 nitrogen and oxygen atoms in total. The number of carbonyl (C=O) groups is 1. The number of halogens is 1. The van der Waals surface area contributed by atoms with Gasteiger partial charge in [0.25, 0.3) is 0 Å². The van der Waals surface area contributed by atoms with E-state index in [4.69, 9.17) is 21.4 Å². The highest BCUT2D eigenvalue weighted by molar-refractivity contribution is 7.13. The summed E-state index contributed by atoms with van der Waals surface area (Å²) in [6.07, 6.45) is 2.73. The Morgan fingerprint density at radius 3 is 2.71 bits per heavy atom. The summed E-state index contributed by atoms with van der Waals surface area (Å²) in [6, 6.07) is 19.4. The molecule has 2 amide bonds. The summed E-state index contributed by atoms with van der Waals surface area (Å²) in [5.74, 6) is 0. The quantitative estimate of drug-likeness (QED) is 0.265. The number of anilines is 1. The van der Waals surface area contributed by atoms with E-state index >= 15 is 0 Å². The van der Waals surface area contributed by atoms with Crippen LogP contribution in [-0.2, 0) is 11.3 Å². The van der Waals surface area contributed by atoms with Gasteiger partial charge >= 0.3 is 6.03 Å². The fourth-order valence-electron chi connectivity index (χ4n) is 3.59. The zero-order valence-corrected chi connectivity index (χ0v) is 20.8. The van der Waals surface area contributed by atoms with Crippen LogP contribution in [0.2, 0.25) is 5.02 Å². The van der Waals surface area contributed by atoms with Crippen molar-refractivity contribution in [3.63, 3.8) is 0 Å². The lowest BCUT2D eigenvalue weighted by Gasteiger charge is -2.23. The molecule has 1 N–H and O–H groups in total. The zero-order chi connectivity index (χ0) is 23.9. The maximum Gasteiger partial charge on any atom is 0.322 e. The predicted molar refractivity (Wildman–Crippen MR) is 139 cm³/mol.